The molecular formula is C13H11BrN2S. The Hall–Kier alpha value is -1.15. The molecule has 0 fully saturated rings. The van der Waals surface area contributed by atoms with Gasteiger partial charge in [0.2, 0.25) is 0 Å². The highest BCUT2D eigenvalue weighted by Crippen LogP contribution is 2.20. The van der Waals surface area contributed by atoms with Crippen LogP contribution in [-0.4, -0.2) is 0 Å². The Kier molecular flexibility index (Phi) is 4.32. The summed E-state index contributed by atoms with van der Waals surface area (Å²) in [5.41, 5.74) is 3.18. The van der Waals surface area contributed by atoms with Crippen molar-refractivity contribution in [3.63, 3.8) is 0 Å². The van der Waals surface area contributed by atoms with E-state index in [0.717, 1.165) is 16.9 Å². The van der Waals surface area contributed by atoms with Crippen molar-refractivity contribution in [3.05, 3.63) is 56.2 Å². The fraction of sp³-hybridized carbons (Fsp3) is 0.154. The molecule has 0 amide bonds. The second-order valence-corrected chi connectivity index (χ2v) is 5.96. The summed E-state index contributed by atoms with van der Waals surface area (Å²) in [6, 6.07) is 11.9. The predicted octanol–water partition coefficient (Wildman–Crippen LogP) is 3.67. The van der Waals surface area contributed by atoms with Crippen LogP contribution < -0.4 is 5.32 Å². The third-order valence-corrected chi connectivity index (χ3v) is 3.92. The van der Waals surface area contributed by atoms with Crippen LogP contribution in [0.25, 0.3) is 0 Å². The molecule has 0 bridgehead atoms. The van der Waals surface area contributed by atoms with E-state index in [1.165, 1.54) is 11.1 Å². The highest BCUT2D eigenvalue weighted by atomic mass is 79.9. The van der Waals surface area contributed by atoms with Crippen molar-refractivity contribution >= 4 is 27.3 Å². The summed E-state index contributed by atoms with van der Waals surface area (Å²) in [7, 11) is 0. The van der Waals surface area contributed by atoms with E-state index < -0.39 is 0 Å². The Balaban J connectivity index is 1.84. The van der Waals surface area contributed by atoms with Gasteiger partial charge in [-0.3, -0.25) is 0 Å². The topological polar surface area (TPSA) is 35.8 Å². The molecule has 1 aromatic carbocycles. The van der Waals surface area contributed by atoms with Crippen molar-refractivity contribution in [2.45, 2.75) is 13.1 Å². The van der Waals surface area contributed by atoms with Crippen LogP contribution in [0.5, 0.6) is 0 Å². The molecule has 0 aliphatic carbocycles. The lowest BCUT2D eigenvalue weighted by Crippen LogP contribution is -2.11. The highest BCUT2D eigenvalue weighted by Gasteiger charge is 1.97. The highest BCUT2D eigenvalue weighted by molar-refractivity contribution is 9.11. The number of benzene rings is 1. The molecule has 0 atom stereocenters. The van der Waals surface area contributed by atoms with Gasteiger partial charge in [-0.05, 0) is 50.6 Å². The van der Waals surface area contributed by atoms with Gasteiger partial charge < -0.3 is 5.32 Å². The van der Waals surface area contributed by atoms with Gasteiger partial charge in [0, 0.05) is 13.1 Å². The maximum atomic E-state index is 8.69. The first kappa shape index (κ1) is 12.3. The van der Waals surface area contributed by atoms with Crippen molar-refractivity contribution < 1.29 is 0 Å². The van der Waals surface area contributed by atoms with E-state index in [9.17, 15) is 0 Å². The normalized spacial score (nSPS) is 10.1. The zero-order chi connectivity index (χ0) is 12.1. The number of hydrogen-bond acceptors (Lipinski definition) is 3. The molecule has 1 heterocycles. The zero-order valence-electron chi connectivity index (χ0n) is 9.11. The van der Waals surface area contributed by atoms with Crippen LogP contribution in [0, 0.1) is 11.3 Å². The van der Waals surface area contributed by atoms with Crippen LogP contribution >= 0.6 is 27.3 Å². The summed E-state index contributed by atoms with van der Waals surface area (Å²) >= 11 is 5.14. The molecular weight excluding hydrogens is 296 g/mol. The number of nitrogens with zero attached hydrogens (tertiary/aromatic N) is 1. The standard InChI is InChI=1S/C13H11BrN2S/c14-13-5-12(9-17-13)8-16-7-11-3-1-10(6-15)2-4-11/h1-5,9,16H,7-8H2. The molecule has 1 aromatic heterocycles. The fourth-order valence-electron chi connectivity index (χ4n) is 1.49. The van der Waals surface area contributed by atoms with Gasteiger partial charge >= 0.3 is 0 Å². The second kappa shape index (κ2) is 5.97. The molecule has 0 aliphatic rings. The molecule has 0 unspecified atom stereocenters. The number of rotatable bonds is 4. The Morgan fingerprint density at radius 1 is 1.18 bits per heavy atom. The molecule has 0 saturated heterocycles. The smallest absolute Gasteiger partial charge is 0.0991 e. The first-order chi connectivity index (χ1) is 8.28. The van der Waals surface area contributed by atoms with Crippen molar-refractivity contribution in [3.8, 4) is 6.07 Å². The van der Waals surface area contributed by atoms with Crippen molar-refractivity contribution in [2.75, 3.05) is 0 Å². The average Bonchev–Trinajstić information content (AvgIpc) is 2.76. The van der Waals surface area contributed by atoms with Gasteiger partial charge in [-0.25, -0.2) is 0 Å². The van der Waals surface area contributed by atoms with Gasteiger partial charge in [0.05, 0.1) is 15.4 Å². The molecule has 0 aliphatic heterocycles. The molecule has 0 radical (unpaired) electrons. The Labute approximate surface area is 113 Å². The Morgan fingerprint density at radius 2 is 1.88 bits per heavy atom. The summed E-state index contributed by atoms with van der Waals surface area (Å²) in [5, 5.41) is 14.2. The van der Waals surface area contributed by atoms with Crippen molar-refractivity contribution in [1.29, 1.82) is 5.26 Å². The van der Waals surface area contributed by atoms with Crippen LogP contribution in [0.15, 0.2) is 39.5 Å². The lowest BCUT2D eigenvalue weighted by molar-refractivity contribution is 0.695. The molecule has 4 heteroatoms. The molecule has 2 aromatic rings. The fourth-order valence-corrected chi connectivity index (χ4v) is 2.70. The van der Waals surface area contributed by atoms with Crippen LogP contribution in [0.2, 0.25) is 0 Å². The first-order valence-corrected chi connectivity index (χ1v) is 6.88. The molecule has 0 saturated carbocycles. The summed E-state index contributed by atoms with van der Waals surface area (Å²) in [6.45, 7) is 1.68. The molecule has 17 heavy (non-hydrogen) atoms. The summed E-state index contributed by atoms with van der Waals surface area (Å²) < 4.78 is 1.16. The minimum Gasteiger partial charge on any atom is -0.309 e. The number of nitrogens with one attached hydrogen (secondary N) is 1. The van der Waals surface area contributed by atoms with Gasteiger partial charge in [0.25, 0.3) is 0 Å². The van der Waals surface area contributed by atoms with Crippen molar-refractivity contribution in [2.24, 2.45) is 0 Å². The Bertz CT molecular complexity index is 525. The number of hydrogen-bond donors (Lipinski definition) is 1. The molecule has 0 spiro atoms. The third kappa shape index (κ3) is 3.67. The lowest BCUT2D eigenvalue weighted by atomic mass is 10.1. The van der Waals surface area contributed by atoms with Crippen LogP contribution in [0.3, 0.4) is 0 Å². The van der Waals surface area contributed by atoms with Crippen LogP contribution in [0.4, 0.5) is 0 Å². The van der Waals surface area contributed by atoms with E-state index in [4.69, 9.17) is 5.26 Å². The number of nitriles is 1. The maximum Gasteiger partial charge on any atom is 0.0991 e. The molecule has 2 rings (SSSR count). The minimum absolute atomic E-state index is 0.704. The lowest BCUT2D eigenvalue weighted by Gasteiger charge is -2.03. The molecule has 2 nitrogen and oxygen atoms in total. The van der Waals surface area contributed by atoms with E-state index >= 15 is 0 Å². The van der Waals surface area contributed by atoms with E-state index in [2.05, 4.69) is 38.8 Å². The maximum absolute atomic E-state index is 8.69. The monoisotopic (exact) mass is 306 g/mol. The summed E-state index contributed by atoms with van der Waals surface area (Å²) in [4.78, 5) is 0. The third-order valence-electron chi connectivity index (χ3n) is 2.36. The van der Waals surface area contributed by atoms with Gasteiger partial charge in [-0.1, -0.05) is 12.1 Å². The zero-order valence-corrected chi connectivity index (χ0v) is 11.5. The van der Waals surface area contributed by atoms with Crippen molar-refractivity contribution in [1.82, 2.24) is 5.32 Å². The van der Waals surface area contributed by atoms with Gasteiger partial charge in [0.15, 0.2) is 0 Å². The first-order valence-electron chi connectivity index (χ1n) is 5.20. The van der Waals surface area contributed by atoms with Gasteiger partial charge in [-0.15, -0.1) is 11.3 Å². The van der Waals surface area contributed by atoms with Gasteiger partial charge in [-0.2, -0.15) is 5.26 Å². The summed E-state index contributed by atoms with van der Waals surface area (Å²) in [6.07, 6.45) is 0. The largest absolute Gasteiger partial charge is 0.309 e. The van der Waals surface area contributed by atoms with E-state index in [1.54, 1.807) is 11.3 Å². The second-order valence-electron chi connectivity index (χ2n) is 3.67. The predicted molar refractivity (Wildman–Crippen MR) is 73.7 cm³/mol. The SMILES string of the molecule is N#Cc1ccc(CNCc2csc(Br)c2)cc1. The van der Waals surface area contributed by atoms with E-state index in [-0.39, 0.29) is 0 Å². The number of thiophene rings is 1. The minimum atomic E-state index is 0.704. The van der Waals surface area contributed by atoms with Crippen LogP contribution in [0.1, 0.15) is 16.7 Å². The molecule has 1 N–H and O–H groups in total. The quantitative estimate of drug-likeness (QED) is 0.935. The number of halogens is 1. The summed E-state index contributed by atoms with van der Waals surface area (Å²) in [5.74, 6) is 0. The average molecular weight is 307 g/mol. The molecule has 86 valence electrons. The van der Waals surface area contributed by atoms with Gasteiger partial charge in [0.1, 0.15) is 0 Å². The van der Waals surface area contributed by atoms with Crippen LogP contribution in [-0.2, 0) is 13.1 Å². The van der Waals surface area contributed by atoms with E-state index in [0.29, 0.717) is 5.56 Å². The van der Waals surface area contributed by atoms with E-state index in [1.807, 2.05) is 24.3 Å². The Morgan fingerprint density at radius 3 is 2.47 bits per heavy atom.